The summed E-state index contributed by atoms with van der Waals surface area (Å²) in [6, 6.07) is 1.23. The lowest BCUT2D eigenvalue weighted by Gasteiger charge is -2.16. The molecule has 0 aliphatic rings. The number of hydrogen-bond donors (Lipinski definition) is 5. The van der Waals surface area contributed by atoms with Gasteiger partial charge in [-0.15, -0.1) is 0 Å². The van der Waals surface area contributed by atoms with Crippen molar-refractivity contribution in [3.8, 4) is 0 Å². The Morgan fingerprint density at radius 3 is 2.59 bits per heavy atom. The highest BCUT2D eigenvalue weighted by Gasteiger charge is 2.20. The summed E-state index contributed by atoms with van der Waals surface area (Å²) in [6.07, 6.45) is -1.16. The van der Waals surface area contributed by atoms with Gasteiger partial charge in [-0.2, -0.15) is 0 Å². The number of aliphatic hydroxyl groups is 2. The first-order valence-corrected chi connectivity index (χ1v) is 4.94. The first kappa shape index (κ1) is 13.2. The molecule has 2 atom stereocenters. The van der Waals surface area contributed by atoms with Crippen molar-refractivity contribution < 1.29 is 24.9 Å². The van der Waals surface area contributed by atoms with Crippen LogP contribution in [0.15, 0.2) is 12.3 Å². The second-order valence-corrected chi connectivity index (χ2v) is 3.60. The van der Waals surface area contributed by atoms with Crippen LogP contribution in [0.3, 0.4) is 0 Å². The van der Waals surface area contributed by atoms with Gasteiger partial charge in [-0.1, -0.05) is 0 Å². The van der Waals surface area contributed by atoms with E-state index < -0.39 is 18.2 Å². The fourth-order valence-corrected chi connectivity index (χ4v) is 1.29. The molecule has 1 aromatic rings. The normalized spacial score (nSPS) is 14.1. The molecule has 1 amide bonds. The monoisotopic (exact) mass is 242 g/mol. The van der Waals surface area contributed by atoms with Crippen LogP contribution in [0.5, 0.6) is 0 Å². The molecule has 0 aliphatic carbocycles. The summed E-state index contributed by atoms with van der Waals surface area (Å²) in [5.74, 6) is -1.48. The van der Waals surface area contributed by atoms with Gasteiger partial charge < -0.3 is 25.6 Å². The Morgan fingerprint density at radius 1 is 1.47 bits per heavy atom. The molecule has 1 aromatic heterocycles. The van der Waals surface area contributed by atoms with Crippen molar-refractivity contribution >= 4 is 11.9 Å². The van der Waals surface area contributed by atoms with E-state index >= 15 is 0 Å². The van der Waals surface area contributed by atoms with Crippen molar-refractivity contribution in [3.05, 3.63) is 23.5 Å². The van der Waals surface area contributed by atoms with E-state index in [1.807, 2.05) is 0 Å². The molecule has 0 radical (unpaired) electrons. The lowest BCUT2D eigenvalue weighted by Crippen LogP contribution is -2.34. The molecule has 7 nitrogen and oxygen atoms in total. The van der Waals surface area contributed by atoms with E-state index in [0.717, 1.165) is 0 Å². The van der Waals surface area contributed by atoms with Crippen molar-refractivity contribution in [3.63, 3.8) is 0 Å². The van der Waals surface area contributed by atoms with Crippen molar-refractivity contribution in [1.29, 1.82) is 0 Å². The van der Waals surface area contributed by atoms with Gasteiger partial charge in [-0.05, 0) is 6.07 Å². The van der Waals surface area contributed by atoms with Crippen molar-refractivity contribution in [1.82, 2.24) is 10.3 Å². The number of carboxylic acids is 1. The minimum Gasteiger partial charge on any atom is -0.477 e. The molecule has 0 spiro atoms. The Bertz CT molecular complexity index is 415. The van der Waals surface area contributed by atoms with E-state index in [1.165, 1.54) is 19.2 Å². The average Bonchev–Trinajstić information content (AvgIpc) is 2.73. The second-order valence-electron chi connectivity index (χ2n) is 3.60. The maximum absolute atomic E-state index is 10.6. The van der Waals surface area contributed by atoms with Crippen molar-refractivity contribution in [2.75, 3.05) is 6.54 Å². The molecule has 5 N–H and O–H groups in total. The number of aromatic amines is 1. The number of H-pyrrole nitrogens is 1. The molecule has 1 heterocycles. The summed E-state index contributed by atoms with van der Waals surface area (Å²) in [7, 11) is 0. The fourth-order valence-electron chi connectivity index (χ4n) is 1.29. The molecular formula is C10H14N2O5. The third-order valence-electron chi connectivity index (χ3n) is 2.20. The van der Waals surface area contributed by atoms with E-state index in [2.05, 4.69) is 10.3 Å². The van der Waals surface area contributed by atoms with Crippen LogP contribution >= 0.6 is 0 Å². The van der Waals surface area contributed by atoms with E-state index in [1.54, 1.807) is 0 Å². The molecule has 0 aromatic carbocycles. The second kappa shape index (κ2) is 5.46. The first-order chi connectivity index (χ1) is 7.91. The number of aliphatic hydroxyl groups excluding tert-OH is 2. The van der Waals surface area contributed by atoms with Gasteiger partial charge in [-0.3, -0.25) is 4.79 Å². The van der Waals surface area contributed by atoms with Gasteiger partial charge in [-0.25, -0.2) is 4.79 Å². The summed E-state index contributed by atoms with van der Waals surface area (Å²) in [5, 5.41) is 30.2. The maximum atomic E-state index is 10.6. The zero-order valence-corrected chi connectivity index (χ0v) is 9.17. The Morgan fingerprint density at radius 2 is 2.12 bits per heavy atom. The molecule has 2 unspecified atom stereocenters. The van der Waals surface area contributed by atoms with Crippen LogP contribution in [0.25, 0.3) is 0 Å². The van der Waals surface area contributed by atoms with Crippen LogP contribution in [-0.4, -0.2) is 44.8 Å². The maximum Gasteiger partial charge on any atom is 0.352 e. The molecule has 0 fully saturated rings. The van der Waals surface area contributed by atoms with E-state index in [4.69, 9.17) is 5.11 Å². The standard InChI is InChI=1S/C10H14N2O5/c1-5(13)11-4-8(14)9(15)6-2-7(10(16)17)12-3-6/h2-3,8-9,12,14-15H,4H2,1H3,(H,11,13)(H,16,17). The van der Waals surface area contributed by atoms with Crippen LogP contribution in [0, 0.1) is 0 Å². The predicted molar refractivity (Wildman–Crippen MR) is 57.4 cm³/mol. The number of nitrogens with one attached hydrogen (secondary N) is 2. The molecule has 0 aliphatic heterocycles. The summed E-state index contributed by atoms with van der Waals surface area (Å²) in [5.41, 5.74) is 0.172. The van der Waals surface area contributed by atoms with Gasteiger partial charge >= 0.3 is 5.97 Å². The van der Waals surface area contributed by atoms with Gasteiger partial charge in [0.05, 0.1) is 0 Å². The molecule has 7 heteroatoms. The average molecular weight is 242 g/mol. The van der Waals surface area contributed by atoms with Crippen LogP contribution in [0.2, 0.25) is 0 Å². The zero-order valence-electron chi connectivity index (χ0n) is 9.17. The number of hydrogen-bond acceptors (Lipinski definition) is 4. The highest BCUT2D eigenvalue weighted by Crippen LogP contribution is 2.17. The minimum absolute atomic E-state index is 0.0780. The van der Waals surface area contributed by atoms with Crippen molar-refractivity contribution in [2.45, 2.75) is 19.1 Å². The highest BCUT2D eigenvalue weighted by molar-refractivity contribution is 5.85. The minimum atomic E-state index is -1.26. The van der Waals surface area contributed by atoms with Gasteiger partial charge in [0.2, 0.25) is 5.91 Å². The molecule has 0 saturated heterocycles. The van der Waals surface area contributed by atoms with Crippen LogP contribution in [0.4, 0.5) is 0 Å². The van der Waals surface area contributed by atoms with Gasteiger partial charge in [0.15, 0.2) is 0 Å². The first-order valence-electron chi connectivity index (χ1n) is 4.94. The SMILES string of the molecule is CC(=O)NCC(O)C(O)c1c[nH]c(C(=O)O)c1. The number of aromatic carboxylic acids is 1. The Hall–Kier alpha value is -1.86. The third-order valence-corrected chi connectivity index (χ3v) is 2.20. The Labute approximate surface area is 97.1 Å². The predicted octanol–water partition coefficient (Wildman–Crippen LogP) is -0.757. The quantitative estimate of drug-likeness (QED) is 0.464. The van der Waals surface area contributed by atoms with Gasteiger partial charge in [0, 0.05) is 25.2 Å². The van der Waals surface area contributed by atoms with Crippen LogP contribution in [-0.2, 0) is 4.79 Å². The number of carbonyl (C=O) groups excluding carboxylic acids is 1. The van der Waals surface area contributed by atoms with Crippen molar-refractivity contribution in [2.24, 2.45) is 0 Å². The smallest absolute Gasteiger partial charge is 0.352 e. The summed E-state index contributed by atoms with van der Waals surface area (Å²) < 4.78 is 0. The number of aromatic nitrogens is 1. The van der Waals surface area contributed by atoms with E-state index in [9.17, 15) is 19.8 Å². The number of amides is 1. The summed E-state index contributed by atoms with van der Waals surface area (Å²) >= 11 is 0. The van der Waals surface area contributed by atoms with E-state index in [-0.39, 0.29) is 23.7 Å². The summed E-state index contributed by atoms with van der Waals surface area (Å²) in [6.45, 7) is 1.18. The number of carboxylic acid groups (broad SMARTS) is 1. The molecule has 17 heavy (non-hydrogen) atoms. The summed E-state index contributed by atoms with van der Waals surface area (Å²) in [4.78, 5) is 23.7. The molecule has 1 rings (SSSR count). The molecule has 0 saturated carbocycles. The largest absolute Gasteiger partial charge is 0.477 e. The lowest BCUT2D eigenvalue weighted by molar-refractivity contribution is -0.119. The van der Waals surface area contributed by atoms with Gasteiger partial charge in [0.25, 0.3) is 0 Å². The topological polar surface area (TPSA) is 123 Å². The van der Waals surface area contributed by atoms with Gasteiger partial charge in [0.1, 0.15) is 17.9 Å². The molecule has 0 bridgehead atoms. The Balaban J connectivity index is 2.64. The van der Waals surface area contributed by atoms with E-state index in [0.29, 0.717) is 0 Å². The third kappa shape index (κ3) is 3.58. The Kier molecular flexibility index (Phi) is 4.24. The molecule has 94 valence electrons. The molecular weight excluding hydrogens is 228 g/mol. The van der Waals surface area contributed by atoms with Crippen LogP contribution < -0.4 is 5.32 Å². The zero-order chi connectivity index (χ0) is 13.0. The highest BCUT2D eigenvalue weighted by atomic mass is 16.4. The van der Waals surface area contributed by atoms with Crippen LogP contribution in [0.1, 0.15) is 29.1 Å². The fraction of sp³-hybridized carbons (Fsp3) is 0.400. The number of rotatable bonds is 5. The lowest BCUT2D eigenvalue weighted by atomic mass is 10.1. The number of carbonyl (C=O) groups is 2.